The minimum absolute atomic E-state index is 0.0645. The van der Waals surface area contributed by atoms with Gasteiger partial charge in [-0.05, 0) is 108 Å². The quantitative estimate of drug-likeness (QED) is 0.161. The first-order valence-corrected chi connectivity index (χ1v) is 25.8. The first kappa shape index (κ1) is 50.1. The van der Waals surface area contributed by atoms with E-state index in [-0.39, 0.29) is 43.6 Å². The van der Waals surface area contributed by atoms with Crippen molar-refractivity contribution in [1.82, 2.24) is 29.8 Å². The van der Waals surface area contributed by atoms with E-state index >= 15 is 22.8 Å². The van der Waals surface area contributed by atoms with Crippen LogP contribution in [0.1, 0.15) is 92.4 Å². The monoisotopic (exact) mass is 1000 g/mol. The topological polar surface area (TPSA) is 207 Å². The summed E-state index contributed by atoms with van der Waals surface area (Å²) >= 11 is 1.24. The van der Waals surface area contributed by atoms with Gasteiger partial charge in [0.25, 0.3) is 5.91 Å². The van der Waals surface area contributed by atoms with Crippen molar-refractivity contribution in [2.75, 3.05) is 13.2 Å². The van der Waals surface area contributed by atoms with Crippen molar-refractivity contribution in [2.24, 2.45) is 17.8 Å². The number of pyridine rings is 1. The Hall–Kier alpha value is -5.28. The zero-order valence-electron chi connectivity index (χ0n) is 39.1. The highest BCUT2D eigenvalue weighted by Crippen LogP contribution is 2.49. The lowest BCUT2D eigenvalue weighted by Crippen LogP contribution is -2.64. The molecule has 5 aliphatic rings. The third kappa shape index (κ3) is 10.6. The molecule has 4 amide bonds. The maximum Gasteiger partial charge on any atom is 0.412 e. The lowest BCUT2D eigenvalue weighted by Gasteiger charge is -2.43. The lowest BCUT2D eigenvalue weighted by molar-refractivity contribution is -0.200. The van der Waals surface area contributed by atoms with Crippen LogP contribution in [0.25, 0.3) is 21.8 Å². The Kier molecular flexibility index (Phi) is 14.2. The summed E-state index contributed by atoms with van der Waals surface area (Å²) in [6, 6.07) is 2.46. The highest BCUT2D eigenvalue weighted by molar-refractivity contribution is 7.91. The summed E-state index contributed by atoms with van der Waals surface area (Å²) in [7, 11) is -4.22. The molecule has 0 spiro atoms. The Morgan fingerprint density at radius 1 is 1.07 bits per heavy atom. The second-order valence-electron chi connectivity index (χ2n) is 19.8. The molecule has 3 aliphatic heterocycles. The SMILES string of the molecule is CC(C)Oc1ccc(-c2cc(O[C@@H]3C[C@H]4C(=O)N[C@]5(C(=O)NS(=O)(=O)C6(C)CC6)C[C@H]5/C=C\CC[C@H](C)C[C@@H](C)[C@H](N(C(=O)O)C5CCCOC5)C(=O)N4C3C(F)(F)F)cc(-c3cncs3)n2)cc1. The first-order valence-electron chi connectivity index (χ1n) is 23.5. The van der Waals surface area contributed by atoms with Gasteiger partial charge >= 0.3 is 12.3 Å². The molecule has 4 fully saturated rings. The zero-order valence-corrected chi connectivity index (χ0v) is 40.7. The second-order valence-corrected chi connectivity index (χ2v) is 22.8. The molecular formula is C48H59F3N6O10S2. The first-order chi connectivity index (χ1) is 32.6. The molecule has 0 bridgehead atoms. The Labute approximate surface area is 403 Å². The van der Waals surface area contributed by atoms with E-state index in [0.29, 0.717) is 71.2 Å². The predicted molar refractivity (Wildman–Crippen MR) is 249 cm³/mol. The predicted octanol–water partition coefficient (Wildman–Crippen LogP) is 7.35. The van der Waals surface area contributed by atoms with E-state index in [4.69, 9.17) is 19.2 Å². The lowest BCUT2D eigenvalue weighted by atomic mass is 9.86. The summed E-state index contributed by atoms with van der Waals surface area (Å²) in [6.07, 6.45) is -2.03. The number of sulfonamides is 1. The van der Waals surface area contributed by atoms with Crippen LogP contribution in [-0.4, -0.2) is 123 Å². The van der Waals surface area contributed by atoms with Crippen LogP contribution in [0.3, 0.4) is 0 Å². The molecule has 3 N–H and O–H groups in total. The third-order valence-corrected chi connectivity index (χ3v) is 17.0. The molecule has 2 unspecified atom stereocenters. The van der Waals surface area contributed by atoms with Crippen molar-refractivity contribution in [2.45, 2.75) is 145 Å². The minimum Gasteiger partial charge on any atom is -0.491 e. The van der Waals surface area contributed by atoms with Crippen LogP contribution >= 0.6 is 11.3 Å². The van der Waals surface area contributed by atoms with Gasteiger partial charge in [0.1, 0.15) is 35.2 Å². The van der Waals surface area contributed by atoms with Crippen molar-refractivity contribution >= 4 is 45.2 Å². The number of fused-ring (bicyclic) bond motifs is 2. The van der Waals surface area contributed by atoms with Crippen molar-refractivity contribution in [3.63, 3.8) is 0 Å². The van der Waals surface area contributed by atoms with Gasteiger partial charge in [0.05, 0.1) is 45.3 Å². The number of rotatable bonds is 11. The van der Waals surface area contributed by atoms with Crippen LogP contribution in [-0.2, 0) is 29.1 Å². The van der Waals surface area contributed by atoms with Crippen molar-refractivity contribution in [3.8, 4) is 33.3 Å². The number of carboxylic acid groups (broad SMARTS) is 1. The number of nitrogens with zero attached hydrogens (tertiary/aromatic N) is 4. The van der Waals surface area contributed by atoms with E-state index in [9.17, 15) is 23.1 Å². The molecule has 2 aromatic heterocycles. The standard InChI is InChI=1S/C48H59F3N6O10S2/c1-27(2)66-33-14-12-30(13-15-33)35-20-34(21-36(53-35)39-24-52-26-68-39)67-38-22-37-42(58)54-47(44(60)55-69(63,64)46(5)16-17-46)23-31(47)10-7-6-9-28(3)19-29(4)40(43(59)57(37)41(38)48(49,50)51)56(45(61)62)32-11-8-18-65-25-32/h7,10,12-15,20-21,24,26-29,31-32,37-38,40-41H,6,8-9,11,16-19,22-23,25H2,1-5H3,(H,54,58)(H,55,60)(H,61,62)/b10-7-/t28-,29+,31+,32?,37-,38+,40-,41?,47+/m0/s1. The Morgan fingerprint density at radius 2 is 1.80 bits per heavy atom. The number of benzene rings is 1. The number of allylic oxidation sites excluding steroid dienone is 1. The number of amides is 4. The molecule has 1 aromatic carbocycles. The average Bonchev–Trinajstić information content (AvgIpc) is 4.05. The van der Waals surface area contributed by atoms with Gasteiger partial charge in [-0.25, -0.2) is 18.2 Å². The number of thiazole rings is 1. The average molecular weight is 1000 g/mol. The highest BCUT2D eigenvalue weighted by Gasteiger charge is 2.66. The van der Waals surface area contributed by atoms with Crippen molar-refractivity contribution < 1.29 is 60.1 Å². The molecule has 3 aromatic rings. The number of carbonyl (C=O) groups is 4. The number of hydrogen-bond donors (Lipinski definition) is 3. The molecule has 374 valence electrons. The summed E-state index contributed by atoms with van der Waals surface area (Å²) in [5, 5.41) is 13.5. The van der Waals surface area contributed by atoms with Crippen LogP contribution in [0.2, 0.25) is 0 Å². The molecule has 0 radical (unpaired) electrons. The van der Waals surface area contributed by atoms with E-state index in [1.165, 1.54) is 30.4 Å². The van der Waals surface area contributed by atoms with Gasteiger partial charge in [0.15, 0.2) is 6.04 Å². The van der Waals surface area contributed by atoms with Gasteiger partial charge in [-0.2, -0.15) is 13.2 Å². The summed E-state index contributed by atoms with van der Waals surface area (Å²) in [5.74, 6) is -4.69. The summed E-state index contributed by atoms with van der Waals surface area (Å²) < 4.78 is 94.0. The molecule has 2 aliphatic carbocycles. The molecule has 16 nitrogen and oxygen atoms in total. The van der Waals surface area contributed by atoms with Gasteiger partial charge in [0, 0.05) is 42.8 Å². The fourth-order valence-corrected chi connectivity index (χ4v) is 11.9. The van der Waals surface area contributed by atoms with Crippen LogP contribution in [0.5, 0.6) is 11.5 Å². The Balaban J connectivity index is 1.24. The van der Waals surface area contributed by atoms with E-state index < -0.39 is 98.8 Å². The zero-order chi connectivity index (χ0) is 49.6. The number of hydrogen-bond acceptors (Lipinski definition) is 12. The highest BCUT2D eigenvalue weighted by atomic mass is 32.2. The van der Waals surface area contributed by atoms with E-state index in [1.54, 1.807) is 49.0 Å². The number of halogens is 3. The number of ether oxygens (including phenoxy) is 3. The van der Waals surface area contributed by atoms with Crippen molar-refractivity contribution in [3.05, 3.63) is 60.3 Å². The van der Waals surface area contributed by atoms with Crippen LogP contribution in [0.15, 0.2) is 60.3 Å². The molecule has 2 saturated heterocycles. The minimum atomic E-state index is -5.27. The fraction of sp³-hybridized carbons (Fsp3) is 0.583. The smallest absolute Gasteiger partial charge is 0.412 e. The summed E-state index contributed by atoms with van der Waals surface area (Å²) in [5.41, 5.74) is 0.897. The van der Waals surface area contributed by atoms with Gasteiger partial charge in [-0.15, -0.1) is 11.3 Å². The van der Waals surface area contributed by atoms with E-state index in [0.717, 1.165) is 4.90 Å². The van der Waals surface area contributed by atoms with Crippen molar-refractivity contribution in [1.29, 1.82) is 0 Å². The van der Waals surface area contributed by atoms with Gasteiger partial charge in [-0.3, -0.25) is 29.0 Å². The number of aromatic nitrogens is 2. The molecule has 69 heavy (non-hydrogen) atoms. The maximum atomic E-state index is 16.2. The number of alkyl halides is 3. The van der Waals surface area contributed by atoms with E-state index in [2.05, 4.69) is 15.0 Å². The summed E-state index contributed by atoms with van der Waals surface area (Å²) in [6.45, 7) is 9.02. The van der Waals surface area contributed by atoms with Gasteiger partial charge < -0.3 is 29.5 Å². The van der Waals surface area contributed by atoms with Crippen LogP contribution < -0.4 is 19.5 Å². The largest absolute Gasteiger partial charge is 0.491 e. The second kappa shape index (κ2) is 19.5. The molecule has 21 heteroatoms. The molecule has 9 atom stereocenters. The number of carbonyl (C=O) groups excluding carboxylic acids is 3. The van der Waals surface area contributed by atoms with Gasteiger partial charge in [0.2, 0.25) is 21.8 Å². The molecule has 2 saturated carbocycles. The third-order valence-electron chi connectivity index (χ3n) is 14.0. The Morgan fingerprint density at radius 3 is 2.42 bits per heavy atom. The Bertz CT molecular complexity index is 2530. The molecule has 8 rings (SSSR count). The molecular weight excluding hydrogens is 942 g/mol. The van der Waals surface area contributed by atoms with Gasteiger partial charge in [-0.1, -0.05) is 26.0 Å². The maximum absolute atomic E-state index is 16.2. The summed E-state index contributed by atoms with van der Waals surface area (Å²) in [4.78, 5) is 69.0. The fourth-order valence-electron chi connectivity index (χ4n) is 10.0. The van der Waals surface area contributed by atoms with Crippen LogP contribution in [0, 0.1) is 17.8 Å². The van der Waals surface area contributed by atoms with Crippen LogP contribution in [0.4, 0.5) is 18.0 Å². The normalized spacial score (nSPS) is 29.9. The molecule has 5 heterocycles. The van der Waals surface area contributed by atoms with E-state index in [1.807, 2.05) is 26.8 Å². The number of nitrogens with one attached hydrogen (secondary N) is 2.